The molecule has 0 aromatic rings. The normalized spacial score (nSPS) is 23.5. The molecule has 0 aliphatic carbocycles. The van der Waals surface area contributed by atoms with Crippen LogP contribution in [0.3, 0.4) is 0 Å². The second kappa shape index (κ2) is 7.64. The van der Waals surface area contributed by atoms with Crippen molar-refractivity contribution in [3.8, 4) is 0 Å². The van der Waals surface area contributed by atoms with Gasteiger partial charge in [-0.05, 0) is 33.1 Å². The van der Waals surface area contributed by atoms with E-state index in [-0.39, 0.29) is 18.6 Å². The van der Waals surface area contributed by atoms with Gasteiger partial charge >= 0.3 is 12.1 Å². The number of esters is 1. The molecule has 1 saturated heterocycles. The first-order valence-electron chi connectivity index (χ1n) is 7.52. The van der Waals surface area contributed by atoms with Gasteiger partial charge in [-0.15, -0.1) is 0 Å². The quantitative estimate of drug-likeness (QED) is 0.802. The van der Waals surface area contributed by atoms with Crippen molar-refractivity contribution in [1.82, 2.24) is 10.2 Å². The minimum atomic E-state index is -0.505. The number of amides is 1. The number of rotatable bonds is 4. The van der Waals surface area contributed by atoms with Crippen LogP contribution in [0.5, 0.6) is 0 Å². The lowest BCUT2D eigenvalue weighted by Crippen LogP contribution is -2.52. The number of carbonyl (C=O) groups is 2. The van der Waals surface area contributed by atoms with Crippen molar-refractivity contribution >= 4 is 12.1 Å². The van der Waals surface area contributed by atoms with Gasteiger partial charge in [0.05, 0.1) is 13.7 Å². The van der Waals surface area contributed by atoms with E-state index in [0.29, 0.717) is 12.5 Å². The summed E-state index contributed by atoms with van der Waals surface area (Å²) in [6, 6.07) is 0.00297. The number of piperidine rings is 1. The Balaban J connectivity index is 2.56. The molecule has 6 heteroatoms. The Morgan fingerprint density at radius 1 is 1.29 bits per heavy atom. The van der Waals surface area contributed by atoms with E-state index in [1.807, 2.05) is 25.7 Å². The first-order valence-corrected chi connectivity index (χ1v) is 7.52. The van der Waals surface area contributed by atoms with Crippen LogP contribution in [-0.2, 0) is 14.3 Å². The van der Waals surface area contributed by atoms with Gasteiger partial charge in [0, 0.05) is 19.1 Å². The molecule has 0 aromatic carbocycles. The molecule has 1 aliphatic rings. The number of alkyl carbamates (subject to hydrolysis) is 1. The molecule has 1 aliphatic heterocycles. The van der Waals surface area contributed by atoms with Crippen LogP contribution in [-0.4, -0.2) is 55.3 Å². The summed E-state index contributed by atoms with van der Waals surface area (Å²) in [5.41, 5.74) is -0.505. The highest BCUT2D eigenvalue weighted by Crippen LogP contribution is 2.20. The minimum absolute atomic E-state index is 0.00297. The van der Waals surface area contributed by atoms with E-state index in [1.165, 1.54) is 7.11 Å². The summed E-state index contributed by atoms with van der Waals surface area (Å²) in [5.74, 6) is 0.214. The van der Waals surface area contributed by atoms with E-state index in [0.717, 1.165) is 19.4 Å². The maximum atomic E-state index is 11.9. The largest absolute Gasteiger partial charge is 0.468 e. The van der Waals surface area contributed by atoms with Gasteiger partial charge in [-0.1, -0.05) is 13.3 Å². The van der Waals surface area contributed by atoms with Crippen LogP contribution in [0.1, 0.15) is 40.5 Å². The zero-order chi connectivity index (χ0) is 16.0. The average Bonchev–Trinajstić information content (AvgIpc) is 2.35. The van der Waals surface area contributed by atoms with Crippen LogP contribution >= 0.6 is 0 Å². The molecule has 0 radical (unpaired) electrons. The summed E-state index contributed by atoms with van der Waals surface area (Å²) in [5, 5.41) is 2.91. The highest BCUT2D eigenvalue weighted by atomic mass is 16.6. The molecule has 21 heavy (non-hydrogen) atoms. The maximum absolute atomic E-state index is 11.9. The number of hydrogen-bond acceptors (Lipinski definition) is 5. The van der Waals surface area contributed by atoms with Crippen molar-refractivity contribution in [3.05, 3.63) is 0 Å². The van der Waals surface area contributed by atoms with Gasteiger partial charge in [-0.25, -0.2) is 4.79 Å². The van der Waals surface area contributed by atoms with E-state index >= 15 is 0 Å². The molecule has 1 fully saturated rings. The predicted molar refractivity (Wildman–Crippen MR) is 80.0 cm³/mol. The zero-order valence-corrected chi connectivity index (χ0v) is 13.8. The molecule has 0 aromatic heterocycles. The second-order valence-electron chi connectivity index (χ2n) is 6.62. The van der Waals surface area contributed by atoms with Crippen molar-refractivity contribution in [1.29, 1.82) is 0 Å². The van der Waals surface area contributed by atoms with Gasteiger partial charge < -0.3 is 14.8 Å². The summed E-state index contributed by atoms with van der Waals surface area (Å²) in [6.07, 6.45) is 1.53. The van der Waals surface area contributed by atoms with Crippen molar-refractivity contribution in [3.63, 3.8) is 0 Å². The fourth-order valence-corrected chi connectivity index (χ4v) is 2.55. The fourth-order valence-electron chi connectivity index (χ4n) is 2.55. The van der Waals surface area contributed by atoms with E-state index in [1.54, 1.807) is 0 Å². The van der Waals surface area contributed by atoms with Crippen molar-refractivity contribution in [2.45, 2.75) is 52.2 Å². The molecule has 1 N–H and O–H groups in total. The fraction of sp³-hybridized carbons (Fsp3) is 0.867. The highest BCUT2D eigenvalue weighted by Gasteiger charge is 2.29. The molecule has 2 atom stereocenters. The van der Waals surface area contributed by atoms with Gasteiger partial charge in [0.1, 0.15) is 5.60 Å². The van der Waals surface area contributed by atoms with Crippen LogP contribution in [0.4, 0.5) is 4.79 Å². The summed E-state index contributed by atoms with van der Waals surface area (Å²) < 4.78 is 10.00. The molecule has 6 nitrogen and oxygen atoms in total. The predicted octanol–water partition coefficient (Wildman–Crippen LogP) is 1.78. The SMILES string of the molecule is CCC1CC(NC(=O)OC(C)(C)C)CN(CC(=O)OC)C1. The van der Waals surface area contributed by atoms with E-state index in [4.69, 9.17) is 9.47 Å². The summed E-state index contributed by atoms with van der Waals surface area (Å²) >= 11 is 0. The van der Waals surface area contributed by atoms with E-state index < -0.39 is 11.7 Å². The minimum Gasteiger partial charge on any atom is -0.468 e. The Kier molecular flexibility index (Phi) is 6.45. The molecule has 1 heterocycles. The summed E-state index contributed by atoms with van der Waals surface area (Å²) in [4.78, 5) is 25.3. The number of hydrogen-bond donors (Lipinski definition) is 1. The van der Waals surface area contributed by atoms with E-state index in [2.05, 4.69) is 12.2 Å². The van der Waals surface area contributed by atoms with Crippen molar-refractivity contribution in [2.24, 2.45) is 5.92 Å². The molecule has 0 saturated carbocycles. The Morgan fingerprint density at radius 3 is 2.48 bits per heavy atom. The van der Waals surface area contributed by atoms with Crippen LogP contribution in [0.25, 0.3) is 0 Å². The third kappa shape index (κ3) is 6.80. The molecule has 0 bridgehead atoms. The van der Waals surface area contributed by atoms with Crippen molar-refractivity contribution in [2.75, 3.05) is 26.7 Å². The molecular formula is C15H28N2O4. The topological polar surface area (TPSA) is 67.9 Å². The molecular weight excluding hydrogens is 272 g/mol. The highest BCUT2D eigenvalue weighted by molar-refractivity contribution is 5.71. The maximum Gasteiger partial charge on any atom is 0.407 e. The van der Waals surface area contributed by atoms with Gasteiger partial charge in [0.15, 0.2) is 0 Å². The third-order valence-corrected chi connectivity index (χ3v) is 3.49. The second-order valence-corrected chi connectivity index (χ2v) is 6.62. The number of ether oxygens (including phenoxy) is 2. The Morgan fingerprint density at radius 2 is 1.95 bits per heavy atom. The van der Waals surface area contributed by atoms with Gasteiger partial charge in [0.25, 0.3) is 0 Å². The third-order valence-electron chi connectivity index (χ3n) is 3.49. The van der Waals surface area contributed by atoms with E-state index in [9.17, 15) is 9.59 Å². The first kappa shape index (κ1) is 17.8. The Hall–Kier alpha value is -1.30. The zero-order valence-electron chi connectivity index (χ0n) is 13.8. The first-order chi connectivity index (χ1) is 9.73. The molecule has 1 amide bonds. The standard InChI is InChI=1S/C15H28N2O4/c1-6-11-7-12(16-14(19)21-15(2,3)4)9-17(8-11)10-13(18)20-5/h11-12H,6-10H2,1-5H3,(H,16,19). The molecule has 0 spiro atoms. The number of carbonyl (C=O) groups excluding carboxylic acids is 2. The lowest BCUT2D eigenvalue weighted by Gasteiger charge is -2.37. The number of methoxy groups -OCH3 is 1. The monoisotopic (exact) mass is 300 g/mol. The van der Waals surface area contributed by atoms with Gasteiger partial charge in [-0.3, -0.25) is 9.69 Å². The molecule has 1 rings (SSSR count). The lowest BCUT2D eigenvalue weighted by molar-refractivity contribution is -0.142. The van der Waals surface area contributed by atoms with Crippen LogP contribution in [0, 0.1) is 5.92 Å². The number of likely N-dealkylation sites (tertiary alicyclic amines) is 1. The number of nitrogens with zero attached hydrogens (tertiary/aromatic N) is 1. The molecule has 122 valence electrons. The smallest absolute Gasteiger partial charge is 0.407 e. The summed E-state index contributed by atoms with van der Waals surface area (Å²) in [6.45, 7) is 9.41. The van der Waals surface area contributed by atoms with Crippen LogP contribution in [0.2, 0.25) is 0 Å². The summed E-state index contributed by atoms with van der Waals surface area (Å²) in [7, 11) is 1.39. The van der Waals surface area contributed by atoms with Crippen LogP contribution < -0.4 is 5.32 Å². The number of nitrogens with one attached hydrogen (secondary N) is 1. The lowest BCUT2D eigenvalue weighted by atomic mass is 9.92. The van der Waals surface area contributed by atoms with Crippen molar-refractivity contribution < 1.29 is 19.1 Å². The van der Waals surface area contributed by atoms with Crippen LogP contribution in [0.15, 0.2) is 0 Å². The van der Waals surface area contributed by atoms with Gasteiger partial charge in [0.2, 0.25) is 0 Å². The Bertz CT molecular complexity index is 365. The average molecular weight is 300 g/mol. The van der Waals surface area contributed by atoms with Gasteiger partial charge in [-0.2, -0.15) is 0 Å². The molecule has 2 unspecified atom stereocenters. The Labute approximate surface area is 127 Å².